The molecule has 0 aromatic rings. The molecule has 0 aliphatic heterocycles. The van der Waals surface area contributed by atoms with Gasteiger partial charge >= 0.3 is 0 Å². The Kier molecular flexibility index (Phi) is 8.55. The molecule has 0 saturated heterocycles. The average molecular weight is 210 g/mol. The molecule has 0 saturated carbocycles. The zero-order chi connectivity index (χ0) is 11.5. The zero-order valence-corrected chi connectivity index (χ0v) is 9.40. The fourth-order valence-corrected chi connectivity index (χ4v) is 1.57. The Hall–Kier alpha value is -1.24. The lowest BCUT2D eigenvalue weighted by molar-refractivity contribution is 0.374. The summed E-state index contributed by atoms with van der Waals surface area (Å²) in [6, 6.07) is 0. The Morgan fingerprint density at radius 3 is 2.07 bits per heavy atom. The highest BCUT2D eigenvalue weighted by Gasteiger charge is 2.17. The molecule has 0 spiro atoms. The van der Waals surface area contributed by atoms with Crippen molar-refractivity contribution in [2.24, 2.45) is 15.9 Å². The second-order valence-corrected chi connectivity index (χ2v) is 3.52. The number of carbonyl (C=O) groups excluding carboxylic acids is 2. The maximum atomic E-state index is 10.2. The van der Waals surface area contributed by atoms with Gasteiger partial charge in [-0.1, -0.05) is 33.1 Å². The van der Waals surface area contributed by atoms with E-state index in [1.165, 1.54) is 12.2 Å². The normalized spacial score (nSPS) is 13.5. The molecule has 0 amide bonds. The first-order valence-corrected chi connectivity index (χ1v) is 5.44. The number of aliphatic imine (C=N–C) groups is 2. The Labute approximate surface area is 90.5 Å². The van der Waals surface area contributed by atoms with Gasteiger partial charge in [0, 0.05) is 5.92 Å². The van der Waals surface area contributed by atoms with Gasteiger partial charge in [0.25, 0.3) is 0 Å². The van der Waals surface area contributed by atoms with Gasteiger partial charge < -0.3 is 0 Å². The number of hydrogen-bond acceptors (Lipinski definition) is 4. The summed E-state index contributed by atoms with van der Waals surface area (Å²) in [6.45, 7) is 4.13. The van der Waals surface area contributed by atoms with E-state index < -0.39 is 6.17 Å². The van der Waals surface area contributed by atoms with Crippen LogP contribution in [-0.2, 0) is 9.59 Å². The number of nitrogens with zero attached hydrogens (tertiary/aromatic N) is 2. The molecule has 0 rings (SSSR count). The van der Waals surface area contributed by atoms with Gasteiger partial charge in [-0.15, -0.1) is 0 Å². The van der Waals surface area contributed by atoms with Crippen molar-refractivity contribution in [1.82, 2.24) is 0 Å². The van der Waals surface area contributed by atoms with E-state index in [-0.39, 0.29) is 5.92 Å². The quantitative estimate of drug-likeness (QED) is 0.351. The first-order chi connectivity index (χ1) is 7.29. The first-order valence-electron chi connectivity index (χ1n) is 5.44. The van der Waals surface area contributed by atoms with E-state index in [1.807, 2.05) is 6.92 Å². The molecule has 4 heteroatoms. The molecule has 0 fully saturated rings. The van der Waals surface area contributed by atoms with Gasteiger partial charge in [-0.2, -0.15) is 9.98 Å². The molecular weight excluding hydrogens is 192 g/mol. The van der Waals surface area contributed by atoms with Gasteiger partial charge in [-0.05, 0) is 12.8 Å². The lowest BCUT2D eigenvalue weighted by Crippen LogP contribution is -2.15. The fraction of sp³-hybridized carbons (Fsp3) is 0.818. The monoisotopic (exact) mass is 210 g/mol. The van der Waals surface area contributed by atoms with Crippen LogP contribution in [-0.4, -0.2) is 18.3 Å². The number of isocyanates is 2. The van der Waals surface area contributed by atoms with E-state index in [0.717, 1.165) is 32.1 Å². The van der Waals surface area contributed by atoms with Crippen LogP contribution in [0, 0.1) is 5.92 Å². The van der Waals surface area contributed by atoms with E-state index in [0.29, 0.717) is 0 Å². The van der Waals surface area contributed by atoms with Gasteiger partial charge in [-0.3, -0.25) is 0 Å². The largest absolute Gasteiger partial charge is 0.237 e. The smallest absolute Gasteiger partial charge is 0.211 e. The van der Waals surface area contributed by atoms with Crippen LogP contribution in [0.4, 0.5) is 0 Å². The van der Waals surface area contributed by atoms with Crippen LogP contribution in [0.1, 0.15) is 46.0 Å². The minimum Gasteiger partial charge on any atom is -0.211 e. The summed E-state index contributed by atoms with van der Waals surface area (Å²) < 4.78 is 0. The first kappa shape index (κ1) is 13.8. The maximum absolute atomic E-state index is 10.2. The third kappa shape index (κ3) is 5.95. The minimum atomic E-state index is -0.582. The van der Waals surface area contributed by atoms with Crippen LogP contribution in [0.5, 0.6) is 0 Å². The molecule has 84 valence electrons. The van der Waals surface area contributed by atoms with Crippen LogP contribution in [0.25, 0.3) is 0 Å². The maximum Gasteiger partial charge on any atom is 0.237 e. The standard InChI is InChI=1S/C11H18N2O2/c1-3-5-6-7-10(4-2)11(12-8-14)13-9-15/h10-11H,3-7H2,1-2H3. The van der Waals surface area contributed by atoms with Gasteiger partial charge in [0.05, 0.1) is 0 Å². The van der Waals surface area contributed by atoms with Gasteiger partial charge in [0.2, 0.25) is 12.2 Å². The molecule has 1 atom stereocenters. The summed E-state index contributed by atoms with van der Waals surface area (Å²) in [5.41, 5.74) is 0. The second-order valence-electron chi connectivity index (χ2n) is 3.52. The zero-order valence-electron chi connectivity index (χ0n) is 9.40. The molecule has 1 unspecified atom stereocenters. The molecule has 15 heavy (non-hydrogen) atoms. The van der Waals surface area contributed by atoms with Crippen LogP contribution in [0.2, 0.25) is 0 Å². The van der Waals surface area contributed by atoms with E-state index in [1.54, 1.807) is 0 Å². The molecule has 0 aromatic heterocycles. The predicted octanol–water partition coefficient (Wildman–Crippen LogP) is 2.59. The van der Waals surface area contributed by atoms with Crippen molar-refractivity contribution in [2.75, 3.05) is 0 Å². The Morgan fingerprint density at radius 2 is 1.67 bits per heavy atom. The molecule has 0 radical (unpaired) electrons. The lowest BCUT2D eigenvalue weighted by atomic mass is 9.96. The third-order valence-electron chi connectivity index (χ3n) is 2.49. The highest BCUT2D eigenvalue weighted by Crippen LogP contribution is 2.20. The summed E-state index contributed by atoms with van der Waals surface area (Å²) in [6.07, 6.45) is 7.50. The van der Waals surface area contributed by atoms with Crippen molar-refractivity contribution < 1.29 is 9.59 Å². The van der Waals surface area contributed by atoms with E-state index in [4.69, 9.17) is 0 Å². The summed E-state index contributed by atoms with van der Waals surface area (Å²) in [4.78, 5) is 27.4. The van der Waals surface area contributed by atoms with Gasteiger partial charge in [-0.25, -0.2) is 9.59 Å². The van der Waals surface area contributed by atoms with Crippen molar-refractivity contribution in [3.05, 3.63) is 0 Å². The lowest BCUT2D eigenvalue weighted by Gasteiger charge is -2.16. The summed E-state index contributed by atoms with van der Waals surface area (Å²) >= 11 is 0. The van der Waals surface area contributed by atoms with E-state index in [9.17, 15) is 9.59 Å². The van der Waals surface area contributed by atoms with Crippen molar-refractivity contribution >= 4 is 12.2 Å². The second kappa shape index (κ2) is 9.32. The van der Waals surface area contributed by atoms with E-state index in [2.05, 4.69) is 16.9 Å². The van der Waals surface area contributed by atoms with Crippen LogP contribution < -0.4 is 0 Å². The van der Waals surface area contributed by atoms with Crippen molar-refractivity contribution in [1.29, 1.82) is 0 Å². The van der Waals surface area contributed by atoms with Crippen molar-refractivity contribution in [2.45, 2.75) is 52.1 Å². The van der Waals surface area contributed by atoms with E-state index >= 15 is 0 Å². The molecule has 0 aromatic carbocycles. The van der Waals surface area contributed by atoms with Gasteiger partial charge in [0.1, 0.15) is 0 Å². The Morgan fingerprint density at radius 1 is 1.07 bits per heavy atom. The molecule has 0 aliphatic carbocycles. The highest BCUT2D eigenvalue weighted by atomic mass is 16.1. The summed E-state index contributed by atoms with van der Waals surface area (Å²) in [5, 5.41) is 0. The Bertz CT molecular complexity index is 235. The number of rotatable bonds is 8. The van der Waals surface area contributed by atoms with Crippen LogP contribution >= 0.6 is 0 Å². The van der Waals surface area contributed by atoms with Crippen molar-refractivity contribution in [3.8, 4) is 0 Å². The average Bonchev–Trinajstić information content (AvgIpc) is 2.24. The molecule has 0 bridgehead atoms. The van der Waals surface area contributed by atoms with Crippen molar-refractivity contribution in [3.63, 3.8) is 0 Å². The molecule has 0 heterocycles. The molecule has 0 N–H and O–H groups in total. The third-order valence-corrected chi connectivity index (χ3v) is 2.49. The number of unbranched alkanes of at least 4 members (excludes halogenated alkanes) is 2. The predicted molar refractivity (Wildman–Crippen MR) is 58.0 cm³/mol. The Balaban J connectivity index is 4.30. The van der Waals surface area contributed by atoms with Crippen LogP contribution in [0.15, 0.2) is 9.98 Å². The van der Waals surface area contributed by atoms with Crippen LogP contribution in [0.3, 0.4) is 0 Å². The SMILES string of the molecule is CCCCCC(CC)C(N=C=O)N=C=O. The molecule has 0 aliphatic rings. The summed E-state index contributed by atoms with van der Waals surface area (Å²) in [5.74, 6) is 0.152. The van der Waals surface area contributed by atoms with Gasteiger partial charge in [0.15, 0.2) is 6.17 Å². The minimum absolute atomic E-state index is 0.152. The fourth-order valence-electron chi connectivity index (χ4n) is 1.57. The molecular formula is C11H18N2O2. The number of hydrogen-bond donors (Lipinski definition) is 0. The topological polar surface area (TPSA) is 58.9 Å². The highest BCUT2D eigenvalue weighted by molar-refractivity contribution is 5.37. The molecule has 4 nitrogen and oxygen atoms in total. The summed E-state index contributed by atoms with van der Waals surface area (Å²) in [7, 11) is 0.